The van der Waals surface area contributed by atoms with Crippen molar-refractivity contribution in [2.24, 2.45) is 5.41 Å². The van der Waals surface area contributed by atoms with Crippen LogP contribution in [0.5, 0.6) is 0 Å². The van der Waals surface area contributed by atoms with Gasteiger partial charge in [0, 0.05) is 32.5 Å². The van der Waals surface area contributed by atoms with Crippen molar-refractivity contribution in [2.75, 3.05) is 39.6 Å². The molecule has 302 valence electrons. The summed E-state index contributed by atoms with van der Waals surface area (Å²) in [6.07, 6.45) is 1.36. The molecule has 0 radical (unpaired) electrons. The van der Waals surface area contributed by atoms with Crippen LogP contribution in [-0.2, 0) is 50.5 Å². The Morgan fingerprint density at radius 2 is 1.58 bits per heavy atom. The molecular weight excluding hydrogens is 745 g/mol. The zero-order valence-corrected chi connectivity index (χ0v) is 34.2. The van der Waals surface area contributed by atoms with Gasteiger partial charge in [-0.25, -0.2) is 4.98 Å². The number of hydrogen-bond donors (Lipinski definition) is 3. The van der Waals surface area contributed by atoms with Crippen LogP contribution in [0.1, 0.15) is 75.3 Å². The number of aliphatic hydroxyl groups excluding tert-OH is 1. The number of benzene rings is 2. The number of nitrogens with one attached hydrogen (secondary N) is 2. The van der Waals surface area contributed by atoms with Gasteiger partial charge in [0.2, 0.25) is 17.7 Å². The minimum atomic E-state index is -3.63. The number of thiazole rings is 1. The van der Waals surface area contributed by atoms with E-state index in [2.05, 4.69) is 15.6 Å². The van der Waals surface area contributed by atoms with E-state index < -0.39 is 39.6 Å². The number of carbonyl (C=O) groups is 3. The summed E-state index contributed by atoms with van der Waals surface area (Å²) in [4.78, 5) is 46.9. The topological polar surface area (TPSA) is 173 Å². The second-order valence-electron chi connectivity index (χ2n) is 15.0. The van der Waals surface area contributed by atoms with Gasteiger partial charge in [0.05, 0.1) is 48.6 Å². The molecule has 2 aromatic carbocycles. The third-order valence-corrected chi connectivity index (χ3v) is 11.4. The number of likely N-dealkylation sites (tertiary alicyclic amines) is 1. The predicted molar refractivity (Wildman–Crippen MR) is 212 cm³/mol. The molecule has 13 nitrogen and oxygen atoms in total. The Morgan fingerprint density at radius 1 is 0.927 bits per heavy atom. The van der Waals surface area contributed by atoms with Crippen LogP contribution in [0.15, 0.2) is 54.0 Å². The highest BCUT2D eigenvalue weighted by Crippen LogP contribution is 2.28. The maximum absolute atomic E-state index is 13.9. The monoisotopic (exact) mass is 800 g/mol. The Balaban J connectivity index is 1.11. The van der Waals surface area contributed by atoms with Gasteiger partial charge < -0.3 is 30.1 Å². The maximum atomic E-state index is 13.9. The molecule has 1 saturated heterocycles. The van der Waals surface area contributed by atoms with E-state index in [-0.39, 0.29) is 63.3 Å². The van der Waals surface area contributed by atoms with Gasteiger partial charge in [0.1, 0.15) is 17.8 Å². The van der Waals surface area contributed by atoms with Crippen LogP contribution in [0, 0.1) is 19.3 Å². The van der Waals surface area contributed by atoms with Crippen molar-refractivity contribution in [2.45, 2.75) is 97.2 Å². The Kier molecular flexibility index (Phi) is 16.8. The van der Waals surface area contributed by atoms with Gasteiger partial charge in [0.25, 0.3) is 10.1 Å². The second-order valence-corrected chi connectivity index (χ2v) is 17.5. The highest BCUT2D eigenvalue weighted by Gasteiger charge is 2.44. The number of aliphatic hydroxyl groups is 1. The number of unbranched alkanes of at least 4 members (excludes halogenated alkanes) is 2. The lowest BCUT2D eigenvalue weighted by atomic mass is 9.85. The number of ether oxygens (including phenoxy) is 2. The second kappa shape index (κ2) is 21.0. The van der Waals surface area contributed by atoms with E-state index >= 15 is 0 Å². The van der Waals surface area contributed by atoms with Gasteiger partial charge in [-0.05, 0) is 55.2 Å². The Labute approximate surface area is 329 Å². The third kappa shape index (κ3) is 14.4. The maximum Gasteiger partial charge on any atom is 0.271 e. The zero-order valence-electron chi connectivity index (χ0n) is 32.5. The molecule has 0 spiro atoms. The molecule has 4 rings (SSSR count). The normalized spacial score (nSPS) is 16.6. The molecule has 1 aliphatic rings. The first-order valence-electron chi connectivity index (χ1n) is 18.8. The van der Waals surface area contributed by atoms with Gasteiger partial charge in [-0.2, -0.15) is 8.42 Å². The first-order valence-corrected chi connectivity index (χ1v) is 21.2. The lowest BCUT2D eigenvalue weighted by Crippen LogP contribution is -2.57. The van der Waals surface area contributed by atoms with Crippen LogP contribution in [0.3, 0.4) is 0 Å². The average Bonchev–Trinajstić information content (AvgIpc) is 3.75. The molecule has 3 aromatic rings. The number of carbonyl (C=O) groups excluding carboxylic acids is 3. The first-order chi connectivity index (χ1) is 26.1. The van der Waals surface area contributed by atoms with Gasteiger partial charge in [0.15, 0.2) is 0 Å². The average molecular weight is 801 g/mol. The number of aryl methyl sites for hydroxylation is 2. The Hall–Kier alpha value is -3.73. The minimum absolute atomic E-state index is 0.00437. The lowest BCUT2D eigenvalue weighted by Gasteiger charge is -2.35. The Morgan fingerprint density at radius 3 is 2.24 bits per heavy atom. The van der Waals surface area contributed by atoms with Crippen LogP contribution in [0.4, 0.5) is 0 Å². The summed E-state index contributed by atoms with van der Waals surface area (Å²) in [5.74, 6) is -1.30. The minimum Gasteiger partial charge on any atom is -0.391 e. The predicted octanol–water partition coefficient (Wildman–Crippen LogP) is 4.68. The van der Waals surface area contributed by atoms with E-state index in [9.17, 15) is 27.9 Å². The fourth-order valence-electron chi connectivity index (χ4n) is 6.10. The van der Waals surface area contributed by atoms with Crippen molar-refractivity contribution < 1.29 is 41.6 Å². The van der Waals surface area contributed by atoms with Crippen molar-refractivity contribution in [1.82, 2.24) is 20.5 Å². The van der Waals surface area contributed by atoms with Crippen LogP contribution < -0.4 is 10.6 Å². The smallest absolute Gasteiger partial charge is 0.271 e. The molecular formula is C40H56N4O9S2. The highest BCUT2D eigenvalue weighted by atomic mass is 32.2. The molecule has 0 saturated carbocycles. The number of amides is 3. The van der Waals surface area contributed by atoms with Crippen molar-refractivity contribution in [3.05, 3.63) is 76.4 Å². The molecule has 1 aliphatic heterocycles. The zero-order chi connectivity index (χ0) is 40.0. The molecule has 1 aromatic heterocycles. The largest absolute Gasteiger partial charge is 0.391 e. The number of hydrogen-bond acceptors (Lipinski definition) is 11. The van der Waals surface area contributed by atoms with E-state index in [1.54, 1.807) is 23.5 Å². The lowest BCUT2D eigenvalue weighted by molar-refractivity contribution is -0.144. The number of nitrogens with zero attached hydrogens (tertiary/aromatic N) is 2. The quantitative estimate of drug-likeness (QED) is 0.102. The third-order valence-electron chi connectivity index (χ3n) is 9.22. The Bertz CT molecular complexity index is 1790. The standard InChI is InChI=1S/C40H56N4O9S2/c1-28-9-11-31(12-10-28)26-55(49,50)53-19-8-6-7-18-51-21-22-52-20-17-35(46)43-37(40(3,4)5)39(48)44-25-33(45)23-34(44)38(47)41-24-30-13-15-32(16-14-30)36-29(2)42-27-54-36/h9-16,27,33-34,37,45H,6-8,17-26H2,1-5H3,(H,41,47)(H,43,46)/t33-,34+,37-/m1/s1. The number of β-amino-alcohol motifs (C(OH)–C–C–N with tert-alkyl or cyclic N) is 1. The highest BCUT2D eigenvalue weighted by molar-refractivity contribution is 7.85. The summed E-state index contributed by atoms with van der Waals surface area (Å²) >= 11 is 1.57. The summed E-state index contributed by atoms with van der Waals surface area (Å²) < 4.78 is 40.6. The fourth-order valence-corrected chi connectivity index (χ4v) is 7.97. The van der Waals surface area contributed by atoms with Gasteiger partial charge in [-0.3, -0.25) is 18.6 Å². The van der Waals surface area contributed by atoms with Crippen molar-refractivity contribution >= 4 is 39.2 Å². The molecule has 55 heavy (non-hydrogen) atoms. The molecule has 0 unspecified atom stereocenters. The fraction of sp³-hybridized carbons (Fsp3) is 0.550. The van der Waals surface area contributed by atoms with Crippen molar-refractivity contribution in [3.8, 4) is 10.4 Å². The summed E-state index contributed by atoms with van der Waals surface area (Å²) in [6.45, 7) is 11.0. The molecule has 1 fully saturated rings. The molecule has 3 atom stereocenters. The molecule has 0 bridgehead atoms. The number of aromatic nitrogens is 1. The van der Waals surface area contributed by atoms with Crippen LogP contribution >= 0.6 is 11.3 Å². The molecule has 15 heteroatoms. The van der Waals surface area contributed by atoms with Gasteiger partial charge in [-0.1, -0.05) is 74.9 Å². The van der Waals surface area contributed by atoms with E-state index in [0.717, 1.165) is 40.1 Å². The van der Waals surface area contributed by atoms with E-state index in [1.807, 2.05) is 76.5 Å². The van der Waals surface area contributed by atoms with Gasteiger partial charge >= 0.3 is 0 Å². The summed E-state index contributed by atoms with van der Waals surface area (Å²) in [7, 11) is -3.63. The van der Waals surface area contributed by atoms with Gasteiger partial charge in [-0.15, -0.1) is 11.3 Å². The van der Waals surface area contributed by atoms with Crippen molar-refractivity contribution in [3.63, 3.8) is 0 Å². The van der Waals surface area contributed by atoms with Crippen molar-refractivity contribution in [1.29, 1.82) is 0 Å². The van der Waals surface area contributed by atoms with Crippen LogP contribution in [-0.4, -0.2) is 98.9 Å². The summed E-state index contributed by atoms with van der Waals surface area (Å²) in [5, 5.41) is 16.2. The van der Waals surface area contributed by atoms with Crippen LogP contribution in [0.25, 0.3) is 10.4 Å². The SMILES string of the molecule is Cc1ccc(CS(=O)(=O)OCCCCCOCCOCCC(=O)N[C@H](C(=O)N2C[C@H](O)C[C@H]2C(=O)NCc2ccc(-c3scnc3C)cc2)C(C)(C)C)cc1. The molecule has 3 N–H and O–H groups in total. The van der Waals surface area contributed by atoms with Crippen LogP contribution in [0.2, 0.25) is 0 Å². The van der Waals surface area contributed by atoms with E-state index in [0.29, 0.717) is 25.2 Å². The molecule has 2 heterocycles. The molecule has 3 amide bonds. The number of rotatable bonds is 21. The van der Waals surface area contributed by atoms with E-state index in [1.165, 1.54) is 4.90 Å². The van der Waals surface area contributed by atoms with E-state index in [4.69, 9.17) is 13.7 Å². The summed E-state index contributed by atoms with van der Waals surface area (Å²) in [5.41, 5.74) is 5.81. The summed E-state index contributed by atoms with van der Waals surface area (Å²) in [6, 6.07) is 13.4. The first kappa shape index (κ1) is 44.0. The molecule has 0 aliphatic carbocycles.